The second-order valence-corrected chi connectivity index (χ2v) is 5.68. The van der Waals surface area contributed by atoms with Gasteiger partial charge in [-0.25, -0.2) is 14.0 Å². The number of nitro benzene ring substituents is 1. The molecule has 0 radical (unpaired) electrons. The van der Waals surface area contributed by atoms with Crippen LogP contribution in [0.5, 0.6) is 5.75 Å². The van der Waals surface area contributed by atoms with Crippen molar-refractivity contribution in [1.29, 1.82) is 0 Å². The summed E-state index contributed by atoms with van der Waals surface area (Å²) in [6.45, 7) is 2.30. The first-order chi connectivity index (χ1) is 12.9. The molecule has 142 valence electrons. The highest BCUT2D eigenvalue weighted by Gasteiger charge is 2.20. The van der Waals surface area contributed by atoms with Gasteiger partial charge >= 0.3 is 17.6 Å². The maximum absolute atomic E-state index is 13.3. The number of ether oxygens (including phenoxy) is 2. The van der Waals surface area contributed by atoms with E-state index in [1.165, 1.54) is 24.3 Å². The minimum absolute atomic E-state index is 0.0171. The summed E-state index contributed by atoms with van der Waals surface area (Å²) in [5.41, 5.74) is -0.414. The fourth-order valence-electron chi connectivity index (χ4n) is 2.25. The van der Waals surface area contributed by atoms with Crippen molar-refractivity contribution >= 4 is 17.6 Å². The summed E-state index contributed by atoms with van der Waals surface area (Å²) in [5, 5.41) is 11.0. The van der Waals surface area contributed by atoms with Crippen LogP contribution in [0.3, 0.4) is 0 Å². The van der Waals surface area contributed by atoms with Gasteiger partial charge in [0, 0.05) is 12.1 Å². The fraction of sp³-hybridized carbons (Fsp3) is 0.263. The molecule has 2 aromatic rings. The van der Waals surface area contributed by atoms with E-state index in [0.717, 1.165) is 37.5 Å². The number of nitro groups is 1. The molecule has 0 fully saturated rings. The van der Waals surface area contributed by atoms with Crippen LogP contribution in [0.2, 0.25) is 0 Å². The first-order valence-corrected chi connectivity index (χ1v) is 8.35. The number of rotatable bonds is 8. The van der Waals surface area contributed by atoms with E-state index in [1.54, 1.807) is 0 Å². The highest BCUT2D eigenvalue weighted by Crippen LogP contribution is 2.28. The number of halogens is 1. The minimum atomic E-state index is -0.954. The lowest BCUT2D eigenvalue weighted by Gasteiger charge is -2.07. The quantitative estimate of drug-likeness (QED) is 0.224. The van der Waals surface area contributed by atoms with Crippen LogP contribution in [-0.2, 0) is 4.74 Å². The van der Waals surface area contributed by atoms with Crippen LogP contribution in [0.25, 0.3) is 0 Å². The van der Waals surface area contributed by atoms with Crippen LogP contribution >= 0.6 is 0 Å². The smallest absolute Gasteiger partial charge is 0.343 e. The molecule has 0 saturated heterocycles. The second kappa shape index (κ2) is 9.42. The predicted molar refractivity (Wildman–Crippen MR) is 94.3 cm³/mol. The van der Waals surface area contributed by atoms with Gasteiger partial charge in [0.1, 0.15) is 5.82 Å². The third-order valence-corrected chi connectivity index (χ3v) is 3.64. The van der Waals surface area contributed by atoms with Crippen molar-refractivity contribution in [2.75, 3.05) is 6.61 Å². The zero-order chi connectivity index (χ0) is 19.8. The average Bonchev–Trinajstić information content (AvgIpc) is 2.65. The first kappa shape index (κ1) is 20.0. The van der Waals surface area contributed by atoms with Crippen LogP contribution in [-0.4, -0.2) is 23.5 Å². The van der Waals surface area contributed by atoms with E-state index in [2.05, 4.69) is 0 Å². The lowest BCUT2D eigenvalue weighted by Crippen LogP contribution is -2.12. The Morgan fingerprint density at radius 3 is 2.44 bits per heavy atom. The van der Waals surface area contributed by atoms with Crippen LogP contribution in [0.1, 0.15) is 46.9 Å². The molecule has 27 heavy (non-hydrogen) atoms. The molecular weight excluding hydrogens is 357 g/mol. The monoisotopic (exact) mass is 375 g/mol. The van der Waals surface area contributed by atoms with Crippen LogP contribution in [0.15, 0.2) is 42.5 Å². The zero-order valence-corrected chi connectivity index (χ0v) is 14.6. The Hall–Kier alpha value is -3.29. The molecule has 0 aliphatic heterocycles. The van der Waals surface area contributed by atoms with E-state index in [4.69, 9.17) is 9.47 Å². The SMILES string of the molecule is CCCCCOC(=O)c1cccc(C(=O)Oc2cc(F)ccc2[N+](=O)[O-])c1. The standard InChI is InChI=1S/C19H18FNO6/c1-2-3-4-10-26-18(22)13-6-5-7-14(11-13)19(23)27-17-12-15(20)8-9-16(17)21(24)25/h5-9,11-12H,2-4,10H2,1H3. The summed E-state index contributed by atoms with van der Waals surface area (Å²) < 4.78 is 23.4. The molecule has 0 spiro atoms. The molecule has 0 amide bonds. The second-order valence-electron chi connectivity index (χ2n) is 5.68. The van der Waals surface area contributed by atoms with Crippen molar-refractivity contribution in [1.82, 2.24) is 0 Å². The summed E-state index contributed by atoms with van der Waals surface area (Å²) in [5.74, 6) is -2.84. The number of hydrogen-bond donors (Lipinski definition) is 0. The van der Waals surface area contributed by atoms with Gasteiger partial charge in [0.25, 0.3) is 0 Å². The normalized spacial score (nSPS) is 10.3. The van der Waals surface area contributed by atoms with Gasteiger partial charge in [-0.2, -0.15) is 0 Å². The maximum atomic E-state index is 13.3. The third-order valence-electron chi connectivity index (χ3n) is 3.64. The Bertz CT molecular complexity index is 852. The number of unbranched alkanes of at least 4 members (excludes halogenated alkanes) is 2. The average molecular weight is 375 g/mol. The molecule has 0 unspecified atom stereocenters. The van der Waals surface area contributed by atoms with Crippen molar-refractivity contribution in [3.63, 3.8) is 0 Å². The molecule has 2 aromatic carbocycles. The summed E-state index contributed by atoms with van der Waals surface area (Å²) in [6.07, 6.45) is 2.67. The van der Waals surface area contributed by atoms with E-state index in [-0.39, 0.29) is 17.7 Å². The van der Waals surface area contributed by atoms with E-state index >= 15 is 0 Å². The Morgan fingerprint density at radius 1 is 1.07 bits per heavy atom. The van der Waals surface area contributed by atoms with Crippen molar-refractivity contribution in [2.24, 2.45) is 0 Å². The van der Waals surface area contributed by atoms with E-state index < -0.39 is 34.1 Å². The molecular formula is C19H18FNO6. The summed E-state index contributed by atoms with van der Waals surface area (Å²) >= 11 is 0. The molecule has 7 nitrogen and oxygen atoms in total. The highest BCUT2D eigenvalue weighted by molar-refractivity contribution is 5.96. The number of esters is 2. The van der Waals surface area contributed by atoms with Gasteiger partial charge in [-0.15, -0.1) is 0 Å². The van der Waals surface area contributed by atoms with Gasteiger partial charge in [-0.05, 0) is 30.7 Å². The minimum Gasteiger partial charge on any atom is -0.462 e. The molecule has 8 heteroatoms. The topological polar surface area (TPSA) is 95.7 Å². The fourth-order valence-corrected chi connectivity index (χ4v) is 2.25. The van der Waals surface area contributed by atoms with Gasteiger partial charge in [-0.1, -0.05) is 25.8 Å². The number of carbonyl (C=O) groups excluding carboxylic acids is 2. The van der Waals surface area contributed by atoms with E-state index in [0.29, 0.717) is 0 Å². The lowest BCUT2D eigenvalue weighted by atomic mass is 10.1. The summed E-state index contributed by atoms with van der Waals surface area (Å²) in [7, 11) is 0. The molecule has 2 rings (SSSR count). The van der Waals surface area contributed by atoms with E-state index in [9.17, 15) is 24.1 Å². The zero-order valence-electron chi connectivity index (χ0n) is 14.6. The molecule has 0 aliphatic rings. The predicted octanol–water partition coefficient (Wildman–Crippen LogP) is 4.30. The number of nitrogens with zero attached hydrogens (tertiary/aromatic N) is 1. The largest absolute Gasteiger partial charge is 0.462 e. The van der Waals surface area contributed by atoms with Crippen molar-refractivity contribution in [3.8, 4) is 5.75 Å². The molecule has 0 heterocycles. The molecule has 0 aliphatic carbocycles. The molecule has 0 N–H and O–H groups in total. The lowest BCUT2D eigenvalue weighted by molar-refractivity contribution is -0.385. The summed E-state index contributed by atoms with van der Waals surface area (Å²) in [4.78, 5) is 34.5. The number of carbonyl (C=O) groups is 2. The van der Waals surface area contributed by atoms with Gasteiger partial charge in [0.15, 0.2) is 0 Å². The Balaban J connectivity index is 2.13. The number of benzene rings is 2. The Morgan fingerprint density at radius 2 is 1.78 bits per heavy atom. The first-order valence-electron chi connectivity index (χ1n) is 8.35. The third kappa shape index (κ3) is 5.60. The maximum Gasteiger partial charge on any atom is 0.343 e. The van der Waals surface area contributed by atoms with Crippen LogP contribution in [0, 0.1) is 15.9 Å². The molecule has 0 aromatic heterocycles. The van der Waals surface area contributed by atoms with Crippen molar-refractivity contribution in [3.05, 3.63) is 69.5 Å². The molecule has 0 atom stereocenters. The van der Waals surface area contributed by atoms with Crippen molar-refractivity contribution in [2.45, 2.75) is 26.2 Å². The Kier molecular flexibility index (Phi) is 6.99. The Labute approximate surface area is 154 Å². The van der Waals surface area contributed by atoms with Gasteiger partial charge in [-0.3, -0.25) is 10.1 Å². The van der Waals surface area contributed by atoms with Crippen LogP contribution < -0.4 is 4.74 Å². The van der Waals surface area contributed by atoms with Gasteiger partial charge < -0.3 is 9.47 Å². The molecule has 0 saturated carbocycles. The summed E-state index contributed by atoms with van der Waals surface area (Å²) in [6, 6.07) is 8.12. The van der Waals surface area contributed by atoms with E-state index in [1.807, 2.05) is 6.92 Å². The van der Waals surface area contributed by atoms with Crippen molar-refractivity contribution < 1.29 is 28.4 Å². The van der Waals surface area contributed by atoms with Gasteiger partial charge in [0.2, 0.25) is 5.75 Å². The van der Waals surface area contributed by atoms with Crippen LogP contribution in [0.4, 0.5) is 10.1 Å². The number of hydrogen-bond acceptors (Lipinski definition) is 6. The van der Waals surface area contributed by atoms with Gasteiger partial charge in [0.05, 0.1) is 22.7 Å². The highest BCUT2D eigenvalue weighted by atomic mass is 19.1. The molecule has 0 bridgehead atoms.